The van der Waals surface area contributed by atoms with Gasteiger partial charge >= 0.3 is 6.03 Å². The van der Waals surface area contributed by atoms with E-state index in [1.54, 1.807) is 17.1 Å². The monoisotopic (exact) mass is 238 g/mol. The third-order valence-electron chi connectivity index (χ3n) is 2.86. The minimum Gasteiger partial charge on any atom is -0.302 e. The molecule has 96 valence electrons. The second-order valence-electron chi connectivity index (χ2n) is 4.76. The topological polar surface area (TPSA) is 29.1 Å². The van der Waals surface area contributed by atoms with Gasteiger partial charge in [0.15, 0.2) is 0 Å². The molecule has 1 aromatic heterocycles. The maximum atomic E-state index is 12.3. The Morgan fingerprint density at radius 1 is 1.41 bits per heavy atom. The first kappa shape index (κ1) is 13.7. The Bertz CT molecular complexity index is 357. The van der Waals surface area contributed by atoms with Crippen LogP contribution in [0.5, 0.6) is 0 Å². The second-order valence-corrected chi connectivity index (χ2v) is 4.76. The Labute approximate surface area is 104 Å². The third kappa shape index (κ3) is 3.88. The van der Waals surface area contributed by atoms with Gasteiger partial charge in [0.25, 0.3) is 6.33 Å². The highest BCUT2D eigenvalue weighted by atomic mass is 16.2. The smallest absolute Gasteiger partial charge is 0.302 e. The molecule has 0 atom stereocenters. The van der Waals surface area contributed by atoms with E-state index in [1.807, 2.05) is 22.7 Å². The molecule has 4 nitrogen and oxygen atoms in total. The van der Waals surface area contributed by atoms with Crippen LogP contribution in [-0.4, -0.2) is 28.1 Å². The Morgan fingerprint density at radius 2 is 2.12 bits per heavy atom. The summed E-state index contributed by atoms with van der Waals surface area (Å²) in [5.41, 5.74) is 0. The molecular weight excluding hydrogens is 214 g/mol. The van der Waals surface area contributed by atoms with Crippen LogP contribution in [0, 0.1) is 0 Å². The molecule has 0 aliphatic heterocycles. The van der Waals surface area contributed by atoms with Crippen LogP contribution < -0.4 is 4.57 Å². The first-order chi connectivity index (χ1) is 8.06. The number of unbranched alkanes of at least 4 members (excludes halogenated alkanes) is 2. The predicted molar refractivity (Wildman–Crippen MR) is 67.8 cm³/mol. The lowest BCUT2D eigenvalue weighted by Crippen LogP contribution is -2.40. The van der Waals surface area contributed by atoms with E-state index < -0.39 is 0 Å². The molecule has 0 unspecified atom stereocenters. The molecule has 4 heteroatoms. The van der Waals surface area contributed by atoms with E-state index >= 15 is 0 Å². The summed E-state index contributed by atoms with van der Waals surface area (Å²) in [5, 5.41) is 0. The Morgan fingerprint density at radius 3 is 2.59 bits per heavy atom. The quantitative estimate of drug-likeness (QED) is 0.571. The number of amides is 1. The minimum atomic E-state index is 0.0664. The molecular formula is C13H24N3O+. The van der Waals surface area contributed by atoms with Gasteiger partial charge in [0.05, 0.1) is 7.05 Å². The zero-order valence-electron chi connectivity index (χ0n) is 11.4. The van der Waals surface area contributed by atoms with Gasteiger partial charge in [0.1, 0.15) is 12.4 Å². The molecule has 1 rings (SSSR count). The number of carbonyl (C=O) groups is 1. The van der Waals surface area contributed by atoms with Crippen molar-refractivity contribution < 1.29 is 9.36 Å². The number of imidazole rings is 1. The van der Waals surface area contributed by atoms with Crippen LogP contribution in [0.1, 0.15) is 40.0 Å². The van der Waals surface area contributed by atoms with Gasteiger partial charge in [-0.1, -0.05) is 19.8 Å². The van der Waals surface area contributed by atoms with Gasteiger partial charge in [0, 0.05) is 12.6 Å². The third-order valence-corrected chi connectivity index (χ3v) is 2.86. The molecule has 17 heavy (non-hydrogen) atoms. The summed E-state index contributed by atoms with van der Waals surface area (Å²) in [6.45, 7) is 7.14. The van der Waals surface area contributed by atoms with Crippen molar-refractivity contribution in [2.24, 2.45) is 7.05 Å². The normalized spacial score (nSPS) is 10.9. The number of hydrogen-bond acceptors (Lipinski definition) is 1. The first-order valence-electron chi connectivity index (χ1n) is 6.40. The second kappa shape index (κ2) is 6.42. The van der Waals surface area contributed by atoms with Gasteiger partial charge in [-0.15, -0.1) is 0 Å². The van der Waals surface area contributed by atoms with Crippen molar-refractivity contribution in [3.05, 3.63) is 18.7 Å². The van der Waals surface area contributed by atoms with Crippen molar-refractivity contribution in [1.82, 2.24) is 9.47 Å². The lowest BCUT2D eigenvalue weighted by atomic mass is 10.2. The average molecular weight is 238 g/mol. The van der Waals surface area contributed by atoms with Crippen molar-refractivity contribution in [3.8, 4) is 0 Å². The minimum absolute atomic E-state index is 0.0664. The lowest BCUT2D eigenvalue weighted by Gasteiger charge is -2.23. The predicted octanol–water partition coefficient (Wildman–Crippen LogP) is 2.18. The Balaban J connectivity index is 2.67. The first-order valence-corrected chi connectivity index (χ1v) is 6.40. The molecule has 0 aliphatic carbocycles. The number of carbonyl (C=O) groups excluding carboxylic acids is 1. The summed E-state index contributed by atoms with van der Waals surface area (Å²) in [4.78, 5) is 14.2. The highest BCUT2D eigenvalue weighted by Crippen LogP contribution is 2.06. The van der Waals surface area contributed by atoms with Crippen LogP contribution in [0.2, 0.25) is 0 Å². The Hall–Kier alpha value is -1.32. The van der Waals surface area contributed by atoms with Crippen LogP contribution in [0.4, 0.5) is 4.79 Å². The van der Waals surface area contributed by atoms with E-state index in [-0.39, 0.29) is 12.1 Å². The maximum absolute atomic E-state index is 12.3. The van der Waals surface area contributed by atoms with Crippen molar-refractivity contribution in [3.63, 3.8) is 0 Å². The molecule has 0 saturated heterocycles. The molecule has 0 aromatic carbocycles. The van der Waals surface area contributed by atoms with Gasteiger partial charge in [-0.2, -0.15) is 4.57 Å². The molecule has 0 bridgehead atoms. The molecule has 0 N–H and O–H groups in total. The van der Waals surface area contributed by atoms with Gasteiger partial charge < -0.3 is 4.90 Å². The van der Waals surface area contributed by atoms with Gasteiger partial charge in [-0.05, 0) is 20.3 Å². The van der Waals surface area contributed by atoms with E-state index in [9.17, 15) is 4.79 Å². The van der Waals surface area contributed by atoms with Crippen molar-refractivity contribution in [2.75, 3.05) is 6.54 Å². The summed E-state index contributed by atoms with van der Waals surface area (Å²) in [7, 11) is 1.92. The maximum Gasteiger partial charge on any atom is 0.416 e. The molecule has 1 heterocycles. The number of rotatable bonds is 5. The van der Waals surface area contributed by atoms with Crippen LogP contribution in [0.3, 0.4) is 0 Å². The molecule has 1 aromatic rings. The fourth-order valence-corrected chi connectivity index (χ4v) is 1.82. The Kier molecular flexibility index (Phi) is 5.19. The highest BCUT2D eigenvalue weighted by molar-refractivity contribution is 5.76. The highest BCUT2D eigenvalue weighted by Gasteiger charge is 2.22. The van der Waals surface area contributed by atoms with E-state index in [4.69, 9.17) is 0 Å². The summed E-state index contributed by atoms with van der Waals surface area (Å²) < 4.78 is 3.52. The molecule has 0 fully saturated rings. The van der Waals surface area contributed by atoms with Crippen LogP contribution in [-0.2, 0) is 7.05 Å². The number of aromatic nitrogens is 2. The SMILES string of the molecule is CCCCCN(C(=O)n1cc[n+](C)c1)C(C)C. The molecule has 0 spiro atoms. The largest absolute Gasteiger partial charge is 0.416 e. The summed E-state index contributed by atoms with van der Waals surface area (Å²) in [6, 6.07) is 0.309. The van der Waals surface area contributed by atoms with Crippen molar-refractivity contribution in [1.29, 1.82) is 0 Å². The van der Waals surface area contributed by atoms with E-state index in [0.717, 1.165) is 13.0 Å². The zero-order chi connectivity index (χ0) is 12.8. The van der Waals surface area contributed by atoms with Crippen molar-refractivity contribution >= 4 is 6.03 Å². The number of hydrogen-bond donors (Lipinski definition) is 0. The molecule has 0 radical (unpaired) electrons. The average Bonchev–Trinajstić information content (AvgIpc) is 2.70. The van der Waals surface area contributed by atoms with E-state index in [0.29, 0.717) is 0 Å². The lowest BCUT2D eigenvalue weighted by molar-refractivity contribution is -0.670. The summed E-state index contributed by atoms with van der Waals surface area (Å²) in [6.07, 6.45) is 8.92. The van der Waals surface area contributed by atoms with Crippen LogP contribution in [0.15, 0.2) is 18.7 Å². The number of nitrogens with zero attached hydrogens (tertiary/aromatic N) is 3. The van der Waals surface area contributed by atoms with Crippen LogP contribution >= 0.6 is 0 Å². The molecule has 0 saturated carbocycles. The molecule has 1 amide bonds. The standard InChI is InChI=1S/C13H24N3O/c1-5-6-7-8-16(12(2)3)13(17)15-10-9-14(4)11-15/h9-12H,5-8H2,1-4H3/q+1. The van der Waals surface area contributed by atoms with E-state index in [2.05, 4.69) is 20.8 Å². The van der Waals surface area contributed by atoms with Gasteiger partial charge in [0.2, 0.25) is 0 Å². The summed E-state index contributed by atoms with van der Waals surface area (Å²) >= 11 is 0. The zero-order valence-corrected chi connectivity index (χ0v) is 11.4. The van der Waals surface area contributed by atoms with E-state index in [1.165, 1.54) is 12.8 Å². The summed E-state index contributed by atoms with van der Waals surface area (Å²) in [5.74, 6) is 0. The van der Waals surface area contributed by atoms with Gasteiger partial charge in [-0.3, -0.25) is 0 Å². The fraction of sp³-hybridized carbons (Fsp3) is 0.692. The van der Waals surface area contributed by atoms with Crippen LogP contribution in [0.25, 0.3) is 0 Å². The number of aryl methyl sites for hydroxylation is 1. The van der Waals surface area contributed by atoms with Crippen molar-refractivity contribution in [2.45, 2.75) is 46.1 Å². The molecule has 0 aliphatic rings. The fourth-order valence-electron chi connectivity index (χ4n) is 1.82. The van der Waals surface area contributed by atoms with Gasteiger partial charge in [-0.25, -0.2) is 9.36 Å².